The number of thioether (sulfide) groups is 2. The Balaban J connectivity index is 1.01. The Kier molecular flexibility index (Phi) is 10.8. The number of ether oxygens (including phenoxy) is 1. The van der Waals surface area contributed by atoms with Gasteiger partial charge in [-0.3, -0.25) is 14.4 Å². The van der Waals surface area contributed by atoms with Crippen molar-refractivity contribution in [3.05, 3.63) is 90.0 Å². The zero-order valence-corrected chi connectivity index (χ0v) is 26.0. The van der Waals surface area contributed by atoms with Gasteiger partial charge >= 0.3 is 0 Å². The molecule has 8 nitrogen and oxygen atoms in total. The summed E-state index contributed by atoms with van der Waals surface area (Å²) in [7, 11) is 0. The van der Waals surface area contributed by atoms with Gasteiger partial charge in [-0.1, -0.05) is 53.7 Å². The van der Waals surface area contributed by atoms with Gasteiger partial charge in [0.15, 0.2) is 4.34 Å². The Hall–Kier alpha value is -3.77. The molecule has 1 aromatic heterocycles. The molecule has 0 saturated carbocycles. The molecule has 0 bridgehead atoms. The van der Waals surface area contributed by atoms with Crippen LogP contribution in [0.2, 0.25) is 5.02 Å². The van der Waals surface area contributed by atoms with Crippen LogP contribution in [0.4, 0.5) is 11.4 Å². The van der Waals surface area contributed by atoms with E-state index in [1.807, 2.05) is 54.6 Å². The first-order chi connectivity index (χ1) is 20.9. The van der Waals surface area contributed by atoms with E-state index in [1.54, 1.807) is 30.3 Å². The van der Waals surface area contributed by atoms with Gasteiger partial charge in [-0.15, -0.1) is 23.1 Å². The second-order valence-electron chi connectivity index (χ2n) is 9.25. The quantitative estimate of drug-likeness (QED) is 0.0961. The van der Waals surface area contributed by atoms with Crippen molar-refractivity contribution in [3.63, 3.8) is 0 Å². The van der Waals surface area contributed by atoms with Gasteiger partial charge in [0.25, 0.3) is 0 Å². The number of hydrogen-bond donors (Lipinski definition) is 3. The van der Waals surface area contributed by atoms with Gasteiger partial charge in [-0.05, 0) is 65.4 Å². The number of carbonyl (C=O) groups is 3. The predicted octanol–water partition coefficient (Wildman–Crippen LogP) is 6.70. The van der Waals surface area contributed by atoms with Crippen molar-refractivity contribution in [1.29, 1.82) is 0 Å². The number of thiazole rings is 1. The number of nitrogens with one attached hydrogen (secondary N) is 3. The summed E-state index contributed by atoms with van der Waals surface area (Å²) in [5, 5.41) is 11.4. The standard InChI is InChI=1S/C31H27ClN4O4S3/c32-22-6-10-25(11-7-22)40-14-13-33-28(37)19-42-31-36-26-12-9-24(16-27(26)43-31)35-30(39)18-41-17-29(38)34-23-8-5-20-3-1-2-4-21(20)15-23/h1-12,15-16H,13-14,17-19H2,(H,33,37)(H,34,38)(H,35,39). The number of carbonyl (C=O) groups excluding carboxylic acids is 3. The number of amides is 3. The number of rotatable bonds is 13. The van der Waals surface area contributed by atoms with Crippen molar-refractivity contribution in [2.24, 2.45) is 0 Å². The number of halogens is 1. The van der Waals surface area contributed by atoms with E-state index in [-0.39, 0.29) is 35.0 Å². The van der Waals surface area contributed by atoms with Crippen LogP contribution in [0.1, 0.15) is 0 Å². The first-order valence-electron chi connectivity index (χ1n) is 13.3. The summed E-state index contributed by atoms with van der Waals surface area (Å²) in [6.07, 6.45) is 0. The maximum Gasteiger partial charge on any atom is 0.234 e. The van der Waals surface area contributed by atoms with Crippen molar-refractivity contribution >= 4 is 96.5 Å². The Labute approximate surface area is 265 Å². The van der Waals surface area contributed by atoms with Crippen LogP contribution in [0.5, 0.6) is 5.75 Å². The van der Waals surface area contributed by atoms with Crippen molar-refractivity contribution < 1.29 is 19.1 Å². The van der Waals surface area contributed by atoms with E-state index in [9.17, 15) is 14.4 Å². The molecule has 0 atom stereocenters. The molecule has 0 aliphatic heterocycles. The van der Waals surface area contributed by atoms with Gasteiger partial charge < -0.3 is 20.7 Å². The fourth-order valence-electron chi connectivity index (χ4n) is 4.01. The minimum atomic E-state index is -0.196. The molecule has 3 N–H and O–H groups in total. The Morgan fingerprint density at radius 2 is 1.49 bits per heavy atom. The lowest BCUT2D eigenvalue weighted by Gasteiger charge is -2.07. The molecule has 4 aromatic carbocycles. The number of aromatic nitrogens is 1. The minimum absolute atomic E-state index is 0.111. The second-order valence-corrected chi connectivity index (χ2v) is 12.9. The smallest absolute Gasteiger partial charge is 0.234 e. The predicted molar refractivity (Wildman–Crippen MR) is 179 cm³/mol. The zero-order chi connectivity index (χ0) is 30.0. The summed E-state index contributed by atoms with van der Waals surface area (Å²) in [4.78, 5) is 41.6. The fraction of sp³-hybridized carbons (Fsp3) is 0.161. The van der Waals surface area contributed by atoms with Crippen LogP contribution >= 0.6 is 46.5 Å². The summed E-state index contributed by atoms with van der Waals surface area (Å²) < 4.78 is 7.24. The van der Waals surface area contributed by atoms with Crippen LogP contribution in [-0.2, 0) is 14.4 Å². The summed E-state index contributed by atoms with van der Waals surface area (Å²) in [6.45, 7) is 0.739. The monoisotopic (exact) mass is 650 g/mol. The maximum absolute atomic E-state index is 12.5. The lowest BCUT2D eigenvalue weighted by molar-refractivity contribution is -0.118. The van der Waals surface area contributed by atoms with Gasteiger partial charge in [0.05, 0.1) is 34.0 Å². The average molecular weight is 651 g/mol. The van der Waals surface area contributed by atoms with Gasteiger partial charge in [-0.2, -0.15) is 0 Å². The zero-order valence-electron chi connectivity index (χ0n) is 22.8. The van der Waals surface area contributed by atoms with E-state index >= 15 is 0 Å². The third-order valence-electron chi connectivity index (χ3n) is 5.99. The number of anilines is 2. The average Bonchev–Trinajstić information content (AvgIpc) is 3.41. The number of hydrogen-bond acceptors (Lipinski definition) is 8. The topological polar surface area (TPSA) is 109 Å². The van der Waals surface area contributed by atoms with Crippen molar-refractivity contribution in [2.75, 3.05) is 41.0 Å². The van der Waals surface area contributed by atoms with Crippen LogP contribution < -0.4 is 20.7 Å². The molecule has 0 unspecified atom stereocenters. The first kappa shape index (κ1) is 30.7. The highest BCUT2D eigenvalue weighted by Gasteiger charge is 2.11. The molecule has 0 aliphatic carbocycles. The third-order valence-corrected chi connectivity index (χ3v) is 9.33. The van der Waals surface area contributed by atoms with Gasteiger partial charge in [0.2, 0.25) is 17.7 Å². The van der Waals surface area contributed by atoms with Crippen molar-refractivity contribution in [1.82, 2.24) is 10.3 Å². The van der Waals surface area contributed by atoms with Gasteiger partial charge in [0.1, 0.15) is 12.4 Å². The van der Waals surface area contributed by atoms with Crippen LogP contribution in [0.15, 0.2) is 89.3 Å². The fourth-order valence-corrected chi connectivity index (χ4v) is 6.69. The molecule has 3 amide bonds. The summed E-state index contributed by atoms with van der Waals surface area (Å²) >= 11 is 9.92. The van der Waals surface area contributed by atoms with Crippen molar-refractivity contribution in [2.45, 2.75) is 4.34 Å². The molecule has 0 radical (unpaired) electrons. The molecule has 5 rings (SSSR count). The highest BCUT2D eigenvalue weighted by molar-refractivity contribution is 8.01. The maximum atomic E-state index is 12.5. The largest absolute Gasteiger partial charge is 0.492 e. The van der Waals surface area contributed by atoms with Crippen molar-refractivity contribution in [3.8, 4) is 5.75 Å². The normalized spacial score (nSPS) is 10.9. The van der Waals surface area contributed by atoms with Crippen LogP contribution in [-0.4, -0.2) is 53.1 Å². The molecule has 0 fully saturated rings. The third kappa shape index (κ3) is 9.36. The number of fused-ring (bicyclic) bond motifs is 2. The van der Waals surface area contributed by atoms with E-state index in [1.165, 1.54) is 34.9 Å². The van der Waals surface area contributed by atoms with E-state index < -0.39 is 0 Å². The Morgan fingerprint density at radius 3 is 2.26 bits per heavy atom. The van der Waals surface area contributed by atoms with Gasteiger partial charge in [-0.25, -0.2) is 4.98 Å². The molecule has 0 aliphatic rings. The van der Waals surface area contributed by atoms with E-state index in [4.69, 9.17) is 16.3 Å². The molecular weight excluding hydrogens is 624 g/mol. The van der Waals surface area contributed by atoms with Gasteiger partial charge in [0, 0.05) is 16.4 Å². The Bertz CT molecular complexity index is 1750. The number of nitrogens with zero attached hydrogens (tertiary/aromatic N) is 1. The van der Waals surface area contributed by atoms with E-state index in [2.05, 4.69) is 20.9 Å². The molecule has 5 aromatic rings. The SMILES string of the molecule is O=C(CSc1nc2ccc(NC(=O)CSCC(=O)Nc3ccc4ccccc4c3)cc2s1)NCCOc1ccc(Cl)cc1. The second kappa shape index (κ2) is 15.1. The molecule has 220 valence electrons. The number of benzene rings is 4. The van der Waals surface area contributed by atoms with Crippen LogP contribution in [0.3, 0.4) is 0 Å². The molecule has 12 heteroatoms. The van der Waals surface area contributed by atoms with E-state index in [0.717, 1.165) is 31.0 Å². The first-order valence-corrected chi connectivity index (χ1v) is 16.6. The lowest BCUT2D eigenvalue weighted by Crippen LogP contribution is -2.29. The summed E-state index contributed by atoms with van der Waals surface area (Å²) in [5.74, 6) is 0.765. The highest BCUT2D eigenvalue weighted by Crippen LogP contribution is 2.31. The molecular formula is C31H27ClN4O4S3. The van der Waals surface area contributed by atoms with Crippen LogP contribution in [0.25, 0.3) is 21.0 Å². The highest BCUT2D eigenvalue weighted by atomic mass is 35.5. The van der Waals surface area contributed by atoms with Crippen LogP contribution in [0, 0.1) is 0 Å². The lowest BCUT2D eigenvalue weighted by atomic mass is 10.1. The summed E-state index contributed by atoms with van der Waals surface area (Å²) in [5.41, 5.74) is 2.17. The molecule has 0 saturated heterocycles. The minimum Gasteiger partial charge on any atom is -0.492 e. The molecule has 0 spiro atoms. The van der Waals surface area contributed by atoms with E-state index in [0.29, 0.717) is 29.6 Å². The molecule has 43 heavy (non-hydrogen) atoms. The Morgan fingerprint density at radius 1 is 0.791 bits per heavy atom. The summed E-state index contributed by atoms with van der Waals surface area (Å²) in [6, 6.07) is 26.2. The molecule has 1 heterocycles.